The van der Waals surface area contributed by atoms with Crippen LogP contribution in [0.1, 0.15) is 34.0 Å². The van der Waals surface area contributed by atoms with Crippen LogP contribution >= 0.6 is 0 Å². The number of hydrogen-bond acceptors (Lipinski definition) is 2. The Bertz CT molecular complexity index is 699. The number of anilines is 1. The quantitative estimate of drug-likeness (QED) is 0.874. The van der Waals surface area contributed by atoms with E-state index in [2.05, 4.69) is 0 Å². The SMILES string of the molecule is Cc1ccc(C(=O)N2CCC(O)c3ccccc32)cc1F. The van der Waals surface area contributed by atoms with Gasteiger partial charge in [-0.15, -0.1) is 0 Å². The fraction of sp³-hybridized carbons (Fsp3) is 0.235. The van der Waals surface area contributed by atoms with Gasteiger partial charge in [0.05, 0.1) is 6.10 Å². The maximum absolute atomic E-state index is 13.7. The van der Waals surface area contributed by atoms with Gasteiger partial charge in [-0.25, -0.2) is 4.39 Å². The summed E-state index contributed by atoms with van der Waals surface area (Å²) in [5.74, 6) is -0.626. The molecule has 0 saturated heterocycles. The van der Waals surface area contributed by atoms with Gasteiger partial charge < -0.3 is 10.0 Å². The number of rotatable bonds is 1. The van der Waals surface area contributed by atoms with Gasteiger partial charge in [-0.3, -0.25) is 4.79 Å². The molecular weight excluding hydrogens is 269 g/mol. The summed E-state index contributed by atoms with van der Waals surface area (Å²) in [7, 11) is 0. The Hall–Kier alpha value is -2.20. The van der Waals surface area contributed by atoms with E-state index in [9.17, 15) is 14.3 Å². The van der Waals surface area contributed by atoms with Gasteiger partial charge in [-0.05, 0) is 37.1 Å². The lowest BCUT2D eigenvalue weighted by Gasteiger charge is -2.32. The molecule has 0 fully saturated rings. The number of carbonyl (C=O) groups excluding carboxylic acids is 1. The van der Waals surface area contributed by atoms with E-state index in [1.54, 1.807) is 30.0 Å². The van der Waals surface area contributed by atoms with Crippen LogP contribution in [0, 0.1) is 12.7 Å². The first kappa shape index (κ1) is 13.8. The second-order valence-corrected chi connectivity index (χ2v) is 5.28. The number of aryl methyl sites for hydroxylation is 1. The number of carbonyl (C=O) groups is 1. The Morgan fingerprint density at radius 1 is 1.29 bits per heavy atom. The zero-order chi connectivity index (χ0) is 15.0. The highest BCUT2D eigenvalue weighted by Crippen LogP contribution is 2.34. The second-order valence-electron chi connectivity index (χ2n) is 5.28. The van der Waals surface area contributed by atoms with Gasteiger partial charge in [-0.2, -0.15) is 0 Å². The Labute approximate surface area is 122 Å². The molecule has 2 aromatic rings. The van der Waals surface area contributed by atoms with Crippen molar-refractivity contribution in [3.8, 4) is 0 Å². The number of hydrogen-bond donors (Lipinski definition) is 1. The van der Waals surface area contributed by atoms with Crippen LogP contribution in [0.2, 0.25) is 0 Å². The molecule has 1 N–H and O–H groups in total. The van der Waals surface area contributed by atoms with Crippen molar-refractivity contribution >= 4 is 11.6 Å². The number of fused-ring (bicyclic) bond motifs is 1. The fourth-order valence-electron chi connectivity index (χ4n) is 2.64. The normalized spacial score (nSPS) is 17.5. The summed E-state index contributed by atoms with van der Waals surface area (Å²) in [5, 5.41) is 10.0. The number of benzene rings is 2. The largest absolute Gasteiger partial charge is 0.388 e. The van der Waals surface area contributed by atoms with E-state index < -0.39 is 6.10 Å². The van der Waals surface area contributed by atoms with E-state index in [1.165, 1.54) is 6.07 Å². The molecule has 1 aliphatic rings. The molecule has 1 atom stereocenters. The first-order valence-corrected chi connectivity index (χ1v) is 6.93. The van der Waals surface area contributed by atoms with E-state index in [0.717, 1.165) is 5.56 Å². The summed E-state index contributed by atoms with van der Waals surface area (Å²) >= 11 is 0. The summed E-state index contributed by atoms with van der Waals surface area (Å²) in [6.45, 7) is 2.09. The molecule has 3 nitrogen and oxygen atoms in total. The van der Waals surface area contributed by atoms with Crippen molar-refractivity contribution < 1.29 is 14.3 Å². The molecular formula is C17H16FNO2. The average molecular weight is 285 g/mol. The molecule has 1 heterocycles. The molecule has 108 valence electrons. The minimum Gasteiger partial charge on any atom is -0.388 e. The molecule has 0 aliphatic carbocycles. The standard InChI is InChI=1S/C17H16FNO2/c1-11-6-7-12(10-14(11)18)17(21)19-9-8-16(20)13-4-2-3-5-15(13)19/h2-7,10,16,20H,8-9H2,1H3. The van der Waals surface area contributed by atoms with Crippen molar-refractivity contribution in [3.63, 3.8) is 0 Å². The van der Waals surface area contributed by atoms with Gasteiger partial charge >= 0.3 is 0 Å². The highest BCUT2D eigenvalue weighted by Gasteiger charge is 2.28. The lowest BCUT2D eigenvalue weighted by Crippen LogP contribution is -2.36. The van der Waals surface area contributed by atoms with Crippen LogP contribution in [0.5, 0.6) is 0 Å². The highest BCUT2D eigenvalue weighted by molar-refractivity contribution is 6.06. The van der Waals surface area contributed by atoms with Crippen LogP contribution in [0.15, 0.2) is 42.5 Å². The monoisotopic (exact) mass is 285 g/mol. The fourth-order valence-corrected chi connectivity index (χ4v) is 2.64. The van der Waals surface area contributed by atoms with Crippen LogP contribution in [0.25, 0.3) is 0 Å². The van der Waals surface area contributed by atoms with Crippen LogP contribution in [-0.4, -0.2) is 17.6 Å². The Kier molecular flexibility index (Phi) is 3.47. The minimum atomic E-state index is -0.556. The maximum atomic E-state index is 13.7. The number of nitrogens with zero attached hydrogens (tertiary/aromatic N) is 1. The highest BCUT2D eigenvalue weighted by atomic mass is 19.1. The molecule has 21 heavy (non-hydrogen) atoms. The van der Waals surface area contributed by atoms with Crippen molar-refractivity contribution in [2.24, 2.45) is 0 Å². The Morgan fingerprint density at radius 3 is 2.81 bits per heavy atom. The number of amides is 1. The molecule has 3 rings (SSSR count). The van der Waals surface area contributed by atoms with Crippen molar-refractivity contribution in [1.82, 2.24) is 0 Å². The topological polar surface area (TPSA) is 40.5 Å². The molecule has 1 aliphatic heterocycles. The van der Waals surface area contributed by atoms with Crippen LogP contribution < -0.4 is 4.90 Å². The predicted octanol–water partition coefficient (Wildman–Crippen LogP) is 3.22. The molecule has 0 spiro atoms. The van der Waals surface area contributed by atoms with E-state index >= 15 is 0 Å². The van der Waals surface area contributed by atoms with Gasteiger partial charge in [0.1, 0.15) is 5.82 Å². The van der Waals surface area contributed by atoms with Crippen molar-refractivity contribution in [1.29, 1.82) is 0 Å². The van der Waals surface area contributed by atoms with E-state index in [1.807, 2.05) is 18.2 Å². The summed E-state index contributed by atoms with van der Waals surface area (Å²) < 4.78 is 13.7. The Balaban J connectivity index is 1.99. The third-order valence-electron chi connectivity index (χ3n) is 3.88. The molecule has 0 aromatic heterocycles. The first-order valence-electron chi connectivity index (χ1n) is 6.93. The molecule has 0 saturated carbocycles. The van der Waals surface area contributed by atoms with Crippen molar-refractivity contribution in [2.75, 3.05) is 11.4 Å². The lowest BCUT2D eigenvalue weighted by molar-refractivity contribution is 0.0970. The summed E-state index contributed by atoms with van der Waals surface area (Å²) in [4.78, 5) is 14.2. The minimum absolute atomic E-state index is 0.242. The van der Waals surface area contributed by atoms with Gasteiger partial charge in [0.15, 0.2) is 0 Å². The zero-order valence-electron chi connectivity index (χ0n) is 11.7. The summed E-state index contributed by atoms with van der Waals surface area (Å²) in [6.07, 6.45) is -0.0723. The van der Waals surface area contributed by atoms with E-state index in [4.69, 9.17) is 0 Å². The third-order valence-corrected chi connectivity index (χ3v) is 3.88. The lowest BCUT2D eigenvalue weighted by atomic mass is 9.98. The zero-order valence-corrected chi connectivity index (χ0v) is 11.7. The van der Waals surface area contributed by atoms with Gasteiger partial charge in [-0.1, -0.05) is 24.3 Å². The molecule has 0 radical (unpaired) electrons. The van der Waals surface area contributed by atoms with Crippen LogP contribution in [0.4, 0.5) is 10.1 Å². The molecule has 1 amide bonds. The smallest absolute Gasteiger partial charge is 0.258 e. The first-order chi connectivity index (χ1) is 10.1. The summed E-state index contributed by atoms with van der Waals surface area (Å²) in [5.41, 5.74) is 2.28. The van der Waals surface area contributed by atoms with Crippen LogP contribution in [0.3, 0.4) is 0 Å². The average Bonchev–Trinajstić information content (AvgIpc) is 2.50. The third kappa shape index (κ3) is 2.43. The molecule has 0 bridgehead atoms. The second kappa shape index (κ2) is 5.30. The maximum Gasteiger partial charge on any atom is 0.258 e. The van der Waals surface area contributed by atoms with E-state index in [-0.39, 0.29) is 11.7 Å². The predicted molar refractivity (Wildman–Crippen MR) is 78.8 cm³/mol. The molecule has 2 aromatic carbocycles. The van der Waals surface area contributed by atoms with Crippen molar-refractivity contribution in [3.05, 3.63) is 65.0 Å². The number of para-hydroxylation sites is 1. The number of aliphatic hydroxyl groups excluding tert-OH is 1. The van der Waals surface area contributed by atoms with Crippen LogP contribution in [-0.2, 0) is 0 Å². The van der Waals surface area contributed by atoms with Crippen molar-refractivity contribution in [2.45, 2.75) is 19.4 Å². The molecule has 4 heteroatoms. The summed E-state index contributed by atoms with van der Waals surface area (Å²) in [6, 6.07) is 11.8. The Morgan fingerprint density at radius 2 is 2.05 bits per heavy atom. The van der Waals surface area contributed by atoms with Gasteiger partial charge in [0.2, 0.25) is 0 Å². The van der Waals surface area contributed by atoms with Gasteiger partial charge in [0, 0.05) is 23.4 Å². The molecule has 1 unspecified atom stereocenters. The van der Waals surface area contributed by atoms with E-state index in [0.29, 0.717) is 29.8 Å². The number of halogens is 1. The van der Waals surface area contributed by atoms with Gasteiger partial charge in [0.25, 0.3) is 5.91 Å². The number of aliphatic hydroxyl groups is 1.